The summed E-state index contributed by atoms with van der Waals surface area (Å²) < 4.78 is 2.25. The number of hydrogen-bond acceptors (Lipinski definition) is 3. The van der Waals surface area contributed by atoms with Crippen LogP contribution in [0.25, 0.3) is 22.4 Å². The number of pyridine rings is 1. The van der Waals surface area contributed by atoms with Gasteiger partial charge in [-0.05, 0) is 43.2 Å². The summed E-state index contributed by atoms with van der Waals surface area (Å²) in [4.78, 5) is 8.93. The van der Waals surface area contributed by atoms with Gasteiger partial charge in [0, 0.05) is 30.5 Å². The van der Waals surface area contributed by atoms with E-state index in [2.05, 4.69) is 40.0 Å². The maximum absolute atomic E-state index is 4.76. The van der Waals surface area contributed by atoms with Crippen LogP contribution in [0.1, 0.15) is 12.5 Å². The Morgan fingerprint density at radius 3 is 3.15 bits per heavy atom. The molecule has 0 amide bonds. The lowest BCUT2D eigenvalue weighted by molar-refractivity contribution is 0.796. The summed E-state index contributed by atoms with van der Waals surface area (Å²) in [6, 6.07) is 8.60. The van der Waals surface area contributed by atoms with Crippen LogP contribution in [-0.2, 0) is 13.0 Å². The van der Waals surface area contributed by atoms with Crippen molar-refractivity contribution >= 4 is 16.7 Å². The molecule has 0 saturated carbocycles. The van der Waals surface area contributed by atoms with Crippen LogP contribution in [0.3, 0.4) is 0 Å². The Bertz CT molecular complexity index is 788. The van der Waals surface area contributed by atoms with Crippen LogP contribution in [0.2, 0.25) is 0 Å². The predicted octanol–water partition coefficient (Wildman–Crippen LogP) is 3.09. The number of rotatable bonds is 2. The fourth-order valence-electron chi connectivity index (χ4n) is 2.97. The fraction of sp³-hybridized carbons (Fsp3) is 0.250. The molecule has 0 bridgehead atoms. The highest BCUT2D eigenvalue weighted by Gasteiger charge is 2.15. The van der Waals surface area contributed by atoms with Gasteiger partial charge in [-0.1, -0.05) is 0 Å². The molecule has 3 heterocycles. The minimum atomic E-state index is 0.908. The molecule has 0 aliphatic carbocycles. The zero-order chi connectivity index (χ0) is 13.5. The lowest BCUT2D eigenvalue weighted by Crippen LogP contribution is -1.97. The van der Waals surface area contributed by atoms with Crippen LogP contribution >= 0.6 is 0 Å². The second-order valence-electron chi connectivity index (χ2n) is 5.09. The van der Waals surface area contributed by atoms with Crippen molar-refractivity contribution in [1.82, 2.24) is 14.5 Å². The Morgan fingerprint density at radius 2 is 2.25 bits per heavy atom. The van der Waals surface area contributed by atoms with Crippen LogP contribution in [0.15, 0.2) is 36.7 Å². The standard InChI is InChI=1S/C16H16N4/c1-2-20-15-6-7-17-10-14(15)19-16(20)12-3-4-13-11(9-12)5-8-18-13/h3-4,6-7,9-10,18H,2,5,8H2,1H3. The molecular weight excluding hydrogens is 248 g/mol. The minimum Gasteiger partial charge on any atom is -0.384 e. The largest absolute Gasteiger partial charge is 0.384 e. The molecule has 3 aromatic rings. The third kappa shape index (κ3) is 1.61. The molecular formula is C16H16N4. The Morgan fingerprint density at radius 1 is 1.30 bits per heavy atom. The highest BCUT2D eigenvalue weighted by molar-refractivity contribution is 5.80. The number of aryl methyl sites for hydroxylation is 1. The van der Waals surface area contributed by atoms with Crippen molar-refractivity contribution in [1.29, 1.82) is 0 Å². The highest BCUT2D eigenvalue weighted by atomic mass is 15.1. The smallest absolute Gasteiger partial charge is 0.141 e. The molecule has 1 N–H and O–H groups in total. The molecule has 4 rings (SSSR count). The van der Waals surface area contributed by atoms with Gasteiger partial charge in [0.15, 0.2) is 0 Å². The van der Waals surface area contributed by atoms with Gasteiger partial charge in [-0.15, -0.1) is 0 Å². The number of fused-ring (bicyclic) bond motifs is 2. The van der Waals surface area contributed by atoms with E-state index < -0.39 is 0 Å². The van der Waals surface area contributed by atoms with Crippen molar-refractivity contribution in [2.24, 2.45) is 0 Å². The molecule has 0 unspecified atom stereocenters. The zero-order valence-corrected chi connectivity index (χ0v) is 11.4. The number of nitrogens with zero attached hydrogens (tertiary/aromatic N) is 3. The van der Waals surface area contributed by atoms with Crippen LogP contribution in [0.5, 0.6) is 0 Å². The summed E-state index contributed by atoms with van der Waals surface area (Å²) in [5.41, 5.74) is 5.94. The van der Waals surface area contributed by atoms with Crippen LogP contribution in [0.4, 0.5) is 5.69 Å². The third-order valence-electron chi connectivity index (χ3n) is 3.94. The van der Waals surface area contributed by atoms with Crippen molar-refractivity contribution in [3.05, 3.63) is 42.2 Å². The number of hydrogen-bond donors (Lipinski definition) is 1. The van der Waals surface area contributed by atoms with Gasteiger partial charge in [-0.2, -0.15) is 0 Å². The summed E-state index contributed by atoms with van der Waals surface area (Å²) in [5, 5.41) is 3.40. The van der Waals surface area contributed by atoms with E-state index in [4.69, 9.17) is 4.98 Å². The van der Waals surface area contributed by atoms with Crippen LogP contribution in [0, 0.1) is 0 Å². The second kappa shape index (κ2) is 4.34. The average Bonchev–Trinajstić information content (AvgIpc) is 3.10. The molecule has 1 aromatic carbocycles. The molecule has 0 atom stereocenters. The highest BCUT2D eigenvalue weighted by Crippen LogP contribution is 2.30. The van der Waals surface area contributed by atoms with Gasteiger partial charge in [-0.3, -0.25) is 4.98 Å². The topological polar surface area (TPSA) is 42.7 Å². The van der Waals surface area contributed by atoms with Gasteiger partial charge >= 0.3 is 0 Å². The van der Waals surface area contributed by atoms with E-state index in [9.17, 15) is 0 Å². The fourth-order valence-corrected chi connectivity index (χ4v) is 2.97. The summed E-state index contributed by atoms with van der Waals surface area (Å²) in [6.07, 6.45) is 4.75. The minimum absolute atomic E-state index is 0.908. The van der Waals surface area contributed by atoms with Gasteiger partial charge in [0.1, 0.15) is 11.3 Å². The van der Waals surface area contributed by atoms with Crippen molar-refractivity contribution in [3.8, 4) is 11.4 Å². The van der Waals surface area contributed by atoms with E-state index in [1.807, 2.05) is 18.5 Å². The SMILES string of the molecule is CCn1c(-c2ccc3c(c2)CCN3)nc2cnccc21. The van der Waals surface area contributed by atoms with Crippen molar-refractivity contribution in [2.75, 3.05) is 11.9 Å². The molecule has 0 fully saturated rings. The summed E-state index contributed by atoms with van der Waals surface area (Å²) >= 11 is 0. The molecule has 1 aliphatic rings. The Balaban J connectivity index is 1.93. The molecule has 4 nitrogen and oxygen atoms in total. The van der Waals surface area contributed by atoms with Crippen molar-refractivity contribution in [2.45, 2.75) is 19.9 Å². The maximum atomic E-state index is 4.76. The number of imidazole rings is 1. The van der Waals surface area contributed by atoms with Gasteiger partial charge in [-0.25, -0.2) is 4.98 Å². The number of benzene rings is 1. The van der Waals surface area contributed by atoms with Crippen LogP contribution in [-0.4, -0.2) is 21.1 Å². The zero-order valence-electron chi connectivity index (χ0n) is 11.4. The predicted molar refractivity (Wildman–Crippen MR) is 80.8 cm³/mol. The molecule has 100 valence electrons. The molecule has 0 spiro atoms. The monoisotopic (exact) mass is 264 g/mol. The molecule has 1 aliphatic heterocycles. The first-order valence-electron chi connectivity index (χ1n) is 7.04. The quantitative estimate of drug-likeness (QED) is 0.773. The number of aromatic nitrogens is 3. The Labute approximate surface area is 117 Å². The Hall–Kier alpha value is -2.36. The van der Waals surface area contributed by atoms with Crippen LogP contribution < -0.4 is 5.32 Å². The summed E-state index contributed by atoms with van der Waals surface area (Å²) in [5.74, 6) is 1.03. The molecule has 2 aromatic heterocycles. The lowest BCUT2D eigenvalue weighted by atomic mass is 10.1. The normalized spacial score (nSPS) is 13.4. The summed E-state index contributed by atoms with van der Waals surface area (Å²) in [6.45, 7) is 4.10. The first-order chi connectivity index (χ1) is 9.86. The first-order valence-corrected chi connectivity index (χ1v) is 7.04. The van der Waals surface area contributed by atoms with Gasteiger partial charge in [0.25, 0.3) is 0 Å². The van der Waals surface area contributed by atoms with E-state index in [0.717, 1.165) is 36.4 Å². The van der Waals surface area contributed by atoms with Crippen molar-refractivity contribution < 1.29 is 0 Å². The van der Waals surface area contributed by atoms with Gasteiger partial charge in [0.2, 0.25) is 0 Å². The third-order valence-corrected chi connectivity index (χ3v) is 3.94. The van der Waals surface area contributed by atoms with Gasteiger partial charge in [0.05, 0.1) is 11.7 Å². The van der Waals surface area contributed by atoms with Crippen molar-refractivity contribution in [3.63, 3.8) is 0 Å². The number of nitrogens with one attached hydrogen (secondary N) is 1. The molecule has 0 saturated heterocycles. The van der Waals surface area contributed by atoms with E-state index in [1.165, 1.54) is 16.8 Å². The maximum Gasteiger partial charge on any atom is 0.141 e. The van der Waals surface area contributed by atoms with E-state index >= 15 is 0 Å². The van der Waals surface area contributed by atoms with E-state index in [-0.39, 0.29) is 0 Å². The summed E-state index contributed by atoms with van der Waals surface area (Å²) in [7, 11) is 0. The average molecular weight is 264 g/mol. The van der Waals surface area contributed by atoms with Gasteiger partial charge < -0.3 is 9.88 Å². The first kappa shape index (κ1) is 11.5. The Kier molecular flexibility index (Phi) is 2.49. The number of anilines is 1. The second-order valence-corrected chi connectivity index (χ2v) is 5.09. The lowest BCUT2D eigenvalue weighted by Gasteiger charge is -2.07. The van der Waals surface area contributed by atoms with E-state index in [0.29, 0.717) is 0 Å². The molecule has 0 radical (unpaired) electrons. The van der Waals surface area contributed by atoms with E-state index in [1.54, 1.807) is 0 Å². The molecule has 20 heavy (non-hydrogen) atoms. The molecule has 4 heteroatoms.